The Morgan fingerprint density at radius 2 is 2.21 bits per heavy atom. The van der Waals surface area contributed by atoms with Crippen LogP contribution in [-0.4, -0.2) is 14.9 Å². The van der Waals surface area contributed by atoms with E-state index in [0.29, 0.717) is 0 Å². The number of nitrogens with two attached hydrogens (primary N) is 1. The molecule has 0 bridgehead atoms. The Labute approximate surface area is 83.6 Å². The van der Waals surface area contributed by atoms with Crippen LogP contribution in [0.25, 0.3) is 5.65 Å². The fourth-order valence-electron chi connectivity index (χ4n) is 1.58. The van der Waals surface area contributed by atoms with Crippen LogP contribution in [0.3, 0.4) is 0 Å². The van der Waals surface area contributed by atoms with Crippen LogP contribution in [-0.2, 0) is 6.42 Å². The number of rotatable bonds is 2. The molecule has 3 heteroatoms. The quantitative estimate of drug-likeness (QED) is 0.780. The predicted octanol–water partition coefficient (Wildman–Crippen LogP) is 1.61. The molecular weight excluding hydrogens is 174 g/mol. The van der Waals surface area contributed by atoms with E-state index in [9.17, 15) is 0 Å². The van der Waals surface area contributed by atoms with E-state index in [1.54, 1.807) is 0 Å². The first-order chi connectivity index (χ1) is 6.56. The molecule has 0 aliphatic carbocycles. The Kier molecular flexibility index (Phi) is 2.04. The van der Waals surface area contributed by atoms with Crippen LogP contribution in [0, 0.1) is 0 Å². The summed E-state index contributed by atoms with van der Waals surface area (Å²) in [6.07, 6.45) is 4.74. The fourth-order valence-corrected chi connectivity index (χ4v) is 1.58. The molecule has 2 rings (SSSR count). The van der Waals surface area contributed by atoms with E-state index in [2.05, 4.69) is 9.38 Å². The summed E-state index contributed by atoms with van der Waals surface area (Å²) >= 11 is 0. The number of aromatic nitrogens is 2. The molecule has 0 spiro atoms. The topological polar surface area (TPSA) is 43.3 Å². The molecule has 0 amide bonds. The molecule has 0 radical (unpaired) electrons. The Hall–Kier alpha value is -1.35. The van der Waals surface area contributed by atoms with Crippen molar-refractivity contribution >= 4 is 5.65 Å². The summed E-state index contributed by atoms with van der Waals surface area (Å²) in [4.78, 5) is 4.31. The second-order valence-corrected chi connectivity index (χ2v) is 4.34. The van der Waals surface area contributed by atoms with Crippen molar-refractivity contribution in [3.63, 3.8) is 0 Å². The van der Waals surface area contributed by atoms with Gasteiger partial charge < -0.3 is 10.1 Å². The third-order valence-corrected chi connectivity index (χ3v) is 2.13. The van der Waals surface area contributed by atoms with Crippen LogP contribution in [0.4, 0.5) is 0 Å². The van der Waals surface area contributed by atoms with Crippen molar-refractivity contribution in [1.82, 2.24) is 9.38 Å². The minimum absolute atomic E-state index is 0.189. The maximum absolute atomic E-state index is 5.98. The maximum Gasteiger partial charge on any atom is 0.136 e. The van der Waals surface area contributed by atoms with Gasteiger partial charge in [-0.15, -0.1) is 0 Å². The van der Waals surface area contributed by atoms with E-state index < -0.39 is 0 Å². The smallest absolute Gasteiger partial charge is 0.136 e. The molecule has 2 aromatic rings. The van der Waals surface area contributed by atoms with Gasteiger partial charge in [-0.1, -0.05) is 6.07 Å². The van der Waals surface area contributed by atoms with E-state index in [-0.39, 0.29) is 5.54 Å². The standard InChI is InChI=1S/C11H15N3/c1-11(2,12)7-9-8-13-10-5-3-4-6-14(9)10/h3-6,8H,7,12H2,1-2H3. The lowest BCUT2D eigenvalue weighted by molar-refractivity contribution is 0.508. The Morgan fingerprint density at radius 1 is 1.43 bits per heavy atom. The zero-order valence-corrected chi connectivity index (χ0v) is 8.57. The summed E-state index contributed by atoms with van der Waals surface area (Å²) in [5.74, 6) is 0. The maximum atomic E-state index is 5.98. The molecule has 2 aromatic heterocycles. The largest absolute Gasteiger partial charge is 0.325 e. The Morgan fingerprint density at radius 3 is 2.93 bits per heavy atom. The third kappa shape index (κ3) is 1.77. The van der Waals surface area contributed by atoms with Gasteiger partial charge in [0, 0.05) is 30.0 Å². The fraction of sp³-hybridized carbons (Fsp3) is 0.364. The molecule has 74 valence electrons. The molecule has 0 aliphatic rings. The van der Waals surface area contributed by atoms with Crippen LogP contribution in [0.2, 0.25) is 0 Å². The number of fused-ring (bicyclic) bond motifs is 1. The molecule has 0 aromatic carbocycles. The Bertz CT molecular complexity index is 437. The molecule has 0 unspecified atom stereocenters. The summed E-state index contributed by atoms with van der Waals surface area (Å²) in [5.41, 5.74) is 7.93. The van der Waals surface area contributed by atoms with Crippen molar-refractivity contribution in [2.24, 2.45) is 5.73 Å². The highest BCUT2D eigenvalue weighted by Gasteiger charge is 2.14. The number of nitrogens with zero attached hydrogens (tertiary/aromatic N) is 2. The van der Waals surface area contributed by atoms with Gasteiger partial charge in [-0.05, 0) is 26.0 Å². The van der Waals surface area contributed by atoms with Crippen molar-refractivity contribution < 1.29 is 0 Å². The van der Waals surface area contributed by atoms with Crippen LogP contribution in [0.5, 0.6) is 0 Å². The molecule has 0 aliphatic heterocycles. The lowest BCUT2D eigenvalue weighted by Gasteiger charge is -2.17. The molecule has 0 fully saturated rings. The number of pyridine rings is 1. The van der Waals surface area contributed by atoms with Gasteiger partial charge in [0.25, 0.3) is 0 Å². The Balaban J connectivity index is 2.44. The second-order valence-electron chi connectivity index (χ2n) is 4.34. The molecule has 2 heterocycles. The van der Waals surface area contributed by atoms with Gasteiger partial charge in [-0.25, -0.2) is 4.98 Å². The van der Waals surface area contributed by atoms with Gasteiger partial charge >= 0.3 is 0 Å². The second kappa shape index (κ2) is 3.10. The highest BCUT2D eigenvalue weighted by Crippen LogP contribution is 2.12. The molecule has 0 saturated heterocycles. The van der Waals surface area contributed by atoms with Gasteiger partial charge in [0.1, 0.15) is 5.65 Å². The molecule has 3 nitrogen and oxygen atoms in total. The minimum Gasteiger partial charge on any atom is -0.325 e. The number of hydrogen-bond donors (Lipinski definition) is 1. The van der Waals surface area contributed by atoms with E-state index in [4.69, 9.17) is 5.73 Å². The van der Waals surface area contributed by atoms with Crippen molar-refractivity contribution in [3.8, 4) is 0 Å². The number of hydrogen-bond acceptors (Lipinski definition) is 2. The summed E-state index contributed by atoms with van der Waals surface area (Å²) in [7, 11) is 0. The van der Waals surface area contributed by atoms with Crippen LogP contribution in [0.15, 0.2) is 30.6 Å². The van der Waals surface area contributed by atoms with Crippen molar-refractivity contribution in [2.75, 3.05) is 0 Å². The lowest BCUT2D eigenvalue weighted by atomic mass is 10.0. The monoisotopic (exact) mass is 189 g/mol. The summed E-state index contributed by atoms with van der Waals surface area (Å²) in [6, 6.07) is 5.98. The van der Waals surface area contributed by atoms with Crippen LogP contribution < -0.4 is 5.73 Å². The minimum atomic E-state index is -0.189. The molecule has 0 saturated carbocycles. The average molecular weight is 189 g/mol. The SMILES string of the molecule is CC(C)(N)Cc1cnc2ccccn12. The van der Waals surface area contributed by atoms with Crippen molar-refractivity contribution in [2.45, 2.75) is 25.8 Å². The summed E-state index contributed by atoms with van der Waals surface area (Å²) in [5, 5.41) is 0. The molecule has 2 N–H and O–H groups in total. The van der Waals surface area contributed by atoms with Gasteiger partial charge in [-0.2, -0.15) is 0 Å². The summed E-state index contributed by atoms with van der Waals surface area (Å²) in [6.45, 7) is 4.05. The van der Waals surface area contributed by atoms with E-state index in [0.717, 1.165) is 17.8 Å². The third-order valence-electron chi connectivity index (χ3n) is 2.13. The number of imidazole rings is 1. The van der Waals surface area contributed by atoms with E-state index in [1.165, 1.54) is 0 Å². The van der Waals surface area contributed by atoms with E-state index in [1.807, 2.05) is 44.4 Å². The van der Waals surface area contributed by atoms with Gasteiger partial charge in [-0.3, -0.25) is 0 Å². The highest BCUT2D eigenvalue weighted by molar-refractivity contribution is 5.40. The average Bonchev–Trinajstić information content (AvgIpc) is 2.47. The van der Waals surface area contributed by atoms with Crippen LogP contribution >= 0.6 is 0 Å². The predicted molar refractivity (Wildman–Crippen MR) is 57.2 cm³/mol. The normalized spacial score (nSPS) is 12.2. The van der Waals surface area contributed by atoms with Crippen LogP contribution in [0.1, 0.15) is 19.5 Å². The zero-order chi connectivity index (χ0) is 10.2. The first kappa shape index (κ1) is 9.21. The molecule has 0 atom stereocenters. The zero-order valence-electron chi connectivity index (χ0n) is 8.57. The molecular formula is C11H15N3. The summed E-state index contributed by atoms with van der Waals surface area (Å²) < 4.78 is 2.08. The highest BCUT2D eigenvalue weighted by atomic mass is 15.0. The van der Waals surface area contributed by atoms with Gasteiger partial charge in [0.2, 0.25) is 0 Å². The molecule has 14 heavy (non-hydrogen) atoms. The van der Waals surface area contributed by atoms with Crippen molar-refractivity contribution in [3.05, 3.63) is 36.3 Å². The van der Waals surface area contributed by atoms with Gasteiger partial charge in [0.05, 0.1) is 0 Å². The first-order valence-electron chi connectivity index (χ1n) is 4.76. The lowest BCUT2D eigenvalue weighted by Crippen LogP contribution is -2.34. The van der Waals surface area contributed by atoms with Crippen molar-refractivity contribution in [1.29, 1.82) is 0 Å². The van der Waals surface area contributed by atoms with E-state index >= 15 is 0 Å². The van der Waals surface area contributed by atoms with Gasteiger partial charge in [0.15, 0.2) is 0 Å². The first-order valence-corrected chi connectivity index (χ1v) is 4.76.